The van der Waals surface area contributed by atoms with Gasteiger partial charge in [-0.1, -0.05) is 62.2 Å². The van der Waals surface area contributed by atoms with Crippen molar-refractivity contribution in [1.82, 2.24) is 0 Å². The van der Waals surface area contributed by atoms with Crippen LogP contribution < -0.4 is 5.73 Å². The summed E-state index contributed by atoms with van der Waals surface area (Å²) in [6, 6.07) is 8.07. The van der Waals surface area contributed by atoms with Gasteiger partial charge in [0, 0.05) is 0 Å². The molecule has 0 radical (unpaired) electrons. The van der Waals surface area contributed by atoms with Crippen LogP contribution >= 0.6 is 0 Å². The Bertz CT molecular complexity index is 575. The monoisotopic (exact) mass is 323 g/mol. The molecule has 6 heteroatoms. The number of hydrogen-bond acceptors (Lipinski definition) is 3. The van der Waals surface area contributed by atoms with Crippen molar-refractivity contribution in [2.75, 3.05) is 5.75 Å². The maximum absolute atomic E-state index is 9.72. The lowest BCUT2D eigenvalue weighted by Gasteiger charge is -1.92. The van der Waals surface area contributed by atoms with E-state index >= 15 is 0 Å². The van der Waals surface area contributed by atoms with E-state index in [4.69, 9.17) is 4.55 Å². The number of hydrogen-bond donors (Lipinski definition) is 2. The third-order valence-electron chi connectivity index (χ3n) is 1.94. The molecule has 120 valence electrons. The van der Waals surface area contributed by atoms with Crippen molar-refractivity contribution < 1.29 is 17.8 Å². The van der Waals surface area contributed by atoms with Gasteiger partial charge in [-0.25, -0.2) is 0 Å². The van der Waals surface area contributed by atoms with Crippen molar-refractivity contribution in [3.05, 3.63) is 73.9 Å². The summed E-state index contributed by atoms with van der Waals surface area (Å²) < 4.78 is 27.3. The van der Waals surface area contributed by atoms with Crippen LogP contribution in [0.1, 0.15) is 11.1 Å². The van der Waals surface area contributed by atoms with E-state index in [0.717, 1.165) is 23.3 Å². The highest BCUT2D eigenvalue weighted by Crippen LogP contribution is 2.05. The number of rotatable bonds is 5. The molecule has 0 bridgehead atoms. The molecule has 0 aliphatic rings. The zero-order valence-electron chi connectivity index (χ0n) is 12.3. The molecule has 5 nitrogen and oxygen atoms in total. The first-order valence-corrected chi connectivity index (χ1v) is 7.64. The summed E-state index contributed by atoms with van der Waals surface area (Å²) >= 11 is 0. The van der Waals surface area contributed by atoms with Crippen LogP contribution in [-0.4, -0.2) is 24.6 Å². The molecular weight excluding hydrogens is 302 g/mol. The molecule has 1 rings (SSSR count). The maximum atomic E-state index is 9.72. The van der Waals surface area contributed by atoms with Gasteiger partial charge in [0.25, 0.3) is 10.1 Å². The fourth-order valence-corrected chi connectivity index (χ4v) is 1.21. The molecule has 0 fully saturated rings. The molecule has 0 unspecified atom stereocenters. The van der Waals surface area contributed by atoms with Crippen LogP contribution in [0.15, 0.2) is 62.7 Å². The minimum absolute atomic E-state index is 0.368. The van der Waals surface area contributed by atoms with Crippen LogP contribution in [0.25, 0.3) is 12.2 Å². The lowest BCUT2D eigenvalue weighted by Crippen LogP contribution is -2.04. The average molecular weight is 323 g/mol. The summed E-state index contributed by atoms with van der Waals surface area (Å²) in [7, 11) is -3.79. The highest BCUT2D eigenvalue weighted by Gasteiger charge is 1.95. The Balaban J connectivity index is 0. The first-order chi connectivity index (χ1) is 10.2. The van der Waals surface area contributed by atoms with Crippen molar-refractivity contribution in [3.63, 3.8) is 0 Å². The van der Waals surface area contributed by atoms with Crippen LogP contribution in [0, 0.1) is 0 Å². The summed E-state index contributed by atoms with van der Waals surface area (Å²) in [6.07, 6.45) is 5.83. The summed E-state index contributed by atoms with van der Waals surface area (Å²) in [6.45, 7) is 13.5. The zero-order chi connectivity index (χ0) is 17.6. The number of primary amides is 1. The fraction of sp³-hybridized carbons (Fsp3) is 0.0625. The molecule has 0 aliphatic heterocycles. The van der Waals surface area contributed by atoms with Crippen molar-refractivity contribution in [2.24, 2.45) is 5.73 Å². The molecule has 0 saturated heterocycles. The van der Waals surface area contributed by atoms with Crippen LogP contribution in [0.5, 0.6) is 0 Å². The summed E-state index contributed by atoms with van der Waals surface area (Å²) in [5.74, 6) is -0.850. The van der Waals surface area contributed by atoms with E-state index in [2.05, 4.69) is 32.0 Å². The van der Waals surface area contributed by atoms with Gasteiger partial charge in [0.05, 0.1) is 5.75 Å². The highest BCUT2D eigenvalue weighted by molar-refractivity contribution is 7.85. The maximum Gasteiger partial charge on any atom is 0.268 e. The Kier molecular flexibility index (Phi) is 12.2. The molecule has 0 heterocycles. The second kappa shape index (κ2) is 12.3. The molecule has 1 aromatic rings. The van der Waals surface area contributed by atoms with E-state index in [1.807, 2.05) is 36.4 Å². The summed E-state index contributed by atoms with van der Waals surface area (Å²) in [5.41, 5.74) is 6.82. The Labute approximate surface area is 131 Å². The number of benzene rings is 1. The second-order valence-corrected chi connectivity index (χ2v) is 5.22. The molecular formula is C16H21NO4S. The minimum atomic E-state index is -3.79. The quantitative estimate of drug-likeness (QED) is 0.494. The smallest absolute Gasteiger partial charge is 0.268 e. The lowest BCUT2D eigenvalue weighted by atomic mass is 10.1. The van der Waals surface area contributed by atoms with Crippen LogP contribution in [0.4, 0.5) is 0 Å². The molecule has 0 saturated carbocycles. The second-order valence-electron chi connectivity index (χ2n) is 3.72. The van der Waals surface area contributed by atoms with E-state index in [9.17, 15) is 13.2 Å². The number of carbonyl (C=O) groups is 1. The van der Waals surface area contributed by atoms with Crippen LogP contribution in [0.2, 0.25) is 0 Å². The Hall–Kier alpha value is -2.44. The van der Waals surface area contributed by atoms with E-state index < -0.39 is 16.0 Å². The van der Waals surface area contributed by atoms with E-state index in [1.165, 1.54) is 0 Å². The van der Waals surface area contributed by atoms with Crippen LogP contribution in [-0.2, 0) is 14.9 Å². The Morgan fingerprint density at radius 1 is 1.05 bits per heavy atom. The molecule has 1 amide bonds. The number of amides is 1. The van der Waals surface area contributed by atoms with Gasteiger partial charge in [-0.3, -0.25) is 9.35 Å². The predicted octanol–water partition coefficient (Wildman–Crippen LogP) is 2.69. The van der Waals surface area contributed by atoms with Crippen molar-refractivity contribution in [1.29, 1.82) is 0 Å². The molecule has 0 aliphatic carbocycles. The van der Waals surface area contributed by atoms with Gasteiger partial charge in [-0.05, 0) is 17.2 Å². The Morgan fingerprint density at radius 2 is 1.36 bits per heavy atom. The molecule has 0 aromatic heterocycles. The molecule has 1 aromatic carbocycles. The van der Waals surface area contributed by atoms with E-state index in [-0.39, 0.29) is 5.75 Å². The summed E-state index contributed by atoms with van der Waals surface area (Å²) in [5, 5.41) is 0. The fourth-order valence-electron chi connectivity index (χ4n) is 0.917. The van der Waals surface area contributed by atoms with Crippen molar-refractivity contribution >= 4 is 28.2 Å². The van der Waals surface area contributed by atoms with Gasteiger partial charge in [-0.2, -0.15) is 8.42 Å². The lowest BCUT2D eigenvalue weighted by molar-refractivity contribution is -0.113. The normalized spacial score (nSPS) is 8.95. The first-order valence-electron chi connectivity index (χ1n) is 6.03. The summed E-state index contributed by atoms with van der Waals surface area (Å²) in [4.78, 5) is 9.47. The van der Waals surface area contributed by atoms with Gasteiger partial charge in [-0.15, -0.1) is 6.58 Å². The topological polar surface area (TPSA) is 97.5 Å². The Morgan fingerprint density at radius 3 is 1.45 bits per heavy atom. The SMILES string of the molecule is C=CC(N)=O.C=CCS(=O)(=O)O.C=Cc1ccc(C=C)cc1. The third kappa shape index (κ3) is 15.6. The van der Waals surface area contributed by atoms with Gasteiger partial charge < -0.3 is 5.73 Å². The van der Waals surface area contributed by atoms with Crippen molar-refractivity contribution in [3.8, 4) is 0 Å². The van der Waals surface area contributed by atoms with E-state index in [1.54, 1.807) is 0 Å². The highest BCUT2D eigenvalue weighted by atomic mass is 32.2. The zero-order valence-corrected chi connectivity index (χ0v) is 13.1. The number of nitrogens with two attached hydrogens (primary N) is 1. The average Bonchev–Trinajstić information content (AvgIpc) is 2.47. The minimum Gasteiger partial charge on any atom is -0.366 e. The molecule has 22 heavy (non-hydrogen) atoms. The van der Waals surface area contributed by atoms with Gasteiger partial charge >= 0.3 is 0 Å². The largest absolute Gasteiger partial charge is 0.366 e. The van der Waals surface area contributed by atoms with Gasteiger partial charge in [0.15, 0.2) is 0 Å². The standard InChI is InChI=1S/C10H10.C3H5NO.C3H6O3S/c1-3-9-5-7-10(4-2)8-6-9;1-2-3(4)5;1-2-3-7(4,5)6/h3-8H,1-2H2;2H,1H2,(H2,4,5);2H,1,3H2,(H,4,5,6). The molecule has 0 atom stereocenters. The van der Waals surface area contributed by atoms with Crippen molar-refractivity contribution in [2.45, 2.75) is 0 Å². The van der Waals surface area contributed by atoms with Crippen LogP contribution in [0.3, 0.4) is 0 Å². The molecule has 0 spiro atoms. The number of carbonyl (C=O) groups excluding carboxylic acids is 1. The van der Waals surface area contributed by atoms with Gasteiger partial charge in [0.1, 0.15) is 0 Å². The third-order valence-corrected chi connectivity index (χ3v) is 2.59. The van der Waals surface area contributed by atoms with Gasteiger partial charge in [0.2, 0.25) is 5.91 Å². The molecule has 3 N–H and O–H groups in total. The van der Waals surface area contributed by atoms with E-state index in [0.29, 0.717) is 0 Å². The predicted molar refractivity (Wildman–Crippen MR) is 92.6 cm³/mol. The first kappa shape index (κ1) is 21.9.